The van der Waals surface area contributed by atoms with E-state index in [1.165, 1.54) is 5.39 Å². The zero-order valence-corrected chi connectivity index (χ0v) is 19.5. The van der Waals surface area contributed by atoms with E-state index < -0.39 is 8.07 Å². The summed E-state index contributed by atoms with van der Waals surface area (Å²) in [4.78, 5) is 4.65. The monoisotopic (exact) mass is 430 g/mol. The molecule has 0 bridgehead atoms. The van der Waals surface area contributed by atoms with Crippen LogP contribution in [0.15, 0.2) is 79.1 Å². The Morgan fingerprint density at radius 2 is 1.61 bits per heavy atom. The standard InChI is InChI=1S/C26H30N2O2Si/c1-31(2,3)16-15-29-20-28-14-13-27-26(28)24-17-22-11-7-8-12-23(22)18-25(24)30-19-21-9-5-4-6-10-21/h4-14,17-18H,15-16,19-20H2,1-3H3. The van der Waals surface area contributed by atoms with E-state index in [9.17, 15) is 0 Å². The van der Waals surface area contributed by atoms with Gasteiger partial charge in [0.2, 0.25) is 0 Å². The van der Waals surface area contributed by atoms with E-state index in [2.05, 4.69) is 77.7 Å². The van der Waals surface area contributed by atoms with Crippen LogP contribution in [0.4, 0.5) is 0 Å². The predicted molar refractivity (Wildman–Crippen MR) is 130 cm³/mol. The van der Waals surface area contributed by atoms with Gasteiger partial charge in [-0.15, -0.1) is 0 Å². The Bertz CT molecular complexity index is 1130. The van der Waals surface area contributed by atoms with Crippen molar-refractivity contribution in [1.29, 1.82) is 0 Å². The van der Waals surface area contributed by atoms with Crippen molar-refractivity contribution in [1.82, 2.24) is 9.55 Å². The topological polar surface area (TPSA) is 36.3 Å². The third-order valence-electron chi connectivity index (χ3n) is 5.27. The first-order chi connectivity index (χ1) is 15.0. The van der Waals surface area contributed by atoms with Crippen molar-refractivity contribution in [3.63, 3.8) is 0 Å². The number of ether oxygens (including phenoxy) is 2. The van der Waals surface area contributed by atoms with Crippen molar-refractivity contribution < 1.29 is 9.47 Å². The Balaban J connectivity index is 1.61. The Kier molecular flexibility index (Phi) is 6.54. The van der Waals surface area contributed by atoms with Crippen LogP contribution < -0.4 is 4.74 Å². The van der Waals surface area contributed by atoms with Gasteiger partial charge in [-0.1, -0.05) is 74.2 Å². The van der Waals surface area contributed by atoms with Gasteiger partial charge in [-0.3, -0.25) is 0 Å². The third kappa shape index (κ3) is 5.63. The van der Waals surface area contributed by atoms with Crippen molar-refractivity contribution >= 4 is 18.8 Å². The zero-order valence-electron chi connectivity index (χ0n) is 18.5. The van der Waals surface area contributed by atoms with Gasteiger partial charge < -0.3 is 14.0 Å². The predicted octanol–water partition coefficient (Wildman–Crippen LogP) is 6.59. The highest BCUT2D eigenvalue weighted by atomic mass is 28.3. The van der Waals surface area contributed by atoms with Gasteiger partial charge in [-0.05, 0) is 34.5 Å². The second-order valence-corrected chi connectivity index (χ2v) is 14.7. The molecule has 0 aliphatic carbocycles. The van der Waals surface area contributed by atoms with E-state index in [0.717, 1.165) is 40.7 Å². The van der Waals surface area contributed by atoms with Crippen molar-refractivity contribution in [3.8, 4) is 17.1 Å². The first-order valence-electron chi connectivity index (χ1n) is 10.8. The minimum atomic E-state index is -1.11. The molecule has 3 aromatic carbocycles. The molecule has 0 fully saturated rings. The fraction of sp³-hybridized carbons (Fsp3) is 0.269. The van der Waals surface area contributed by atoms with Gasteiger partial charge >= 0.3 is 0 Å². The molecule has 0 amide bonds. The quantitative estimate of drug-likeness (QED) is 0.222. The third-order valence-corrected chi connectivity index (χ3v) is 6.97. The molecular formula is C26H30N2O2Si. The minimum Gasteiger partial charge on any atom is -0.488 e. The van der Waals surface area contributed by atoms with E-state index in [4.69, 9.17) is 9.47 Å². The molecule has 0 saturated carbocycles. The van der Waals surface area contributed by atoms with Crippen LogP contribution in [-0.4, -0.2) is 24.2 Å². The van der Waals surface area contributed by atoms with Crippen molar-refractivity contribution in [2.24, 2.45) is 0 Å². The number of fused-ring (bicyclic) bond motifs is 1. The van der Waals surface area contributed by atoms with Crippen LogP contribution in [0.25, 0.3) is 22.2 Å². The average molecular weight is 431 g/mol. The first kappa shape index (κ1) is 21.3. The van der Waals surface area contributed by atoms with Crippen LogP contribution >= 0.6 is 0 Å². The van der Waals surface area contributed by atoms with Crippen LogP contribution in [0.5, 0.6) is 5.75 Å². The van der Waals surface area contributed by atoms with E-state index in [0.29, 0.717) is 13.3 Å². The number of rotatable bonds is 9. The fourth-order valence-electron chi connectivity index (χ4n) is 3.45. The van der Waals surface area contributed by atoms with Gasteiger partial charge in [0.25, 0.3) is 0 Å². The highest BCUT2D eigenvalue weighted by Crippen LogP contribution is 2.34. The van der Waals surface area contributed by atoms with Gasteiger partial charge in [0.05, 0.1) is 5.56 Å². The van der Waals surface area contributed by atoms with E-state index in [-0.39, 0.29) is 0 Å². The maximum Gasteiger partial charge on any atom is 0.145 e. The Labute approximate surface area is 185 Å². The summed E-state index contributed by atoms with van der Waals surface area (Å²) >= 11 is 0. The molecule has 0 atom stereocenters. The number of nitrogens with zero attached hydrogens (tertiary/aromatic N) is 2. The molecule has 0 radical (unpaired) electrons. The average Bonchev–Trinajstić information content (AvgIpc) is 3.23. The number of imidazole rings is 1. The fourth-order valence-corrected chi connectivity index (χ4v) is 4.20. The number of hydrogen-bond acceptors (Lipinski definition) is 3. The molecule has 4 nitrogen and oxygen atoms in total. The minimum absolute atomic E-state index is 0.491. The van der Waals surface area contributed by atoms with Gasteiger partial charge in [-0.25, -0.2) is 4.98 Å². The van der Waals surface area contributed by atoms with Gasteiger partial charge in [-0.2, -0.15) is 0 Å². The summed E-state index contributed by atoms with van der Waals surface area (Å²) in [5.41, 5.74) is 2.12. The summed E-state index contributed by atoms with van der Waals surface area (Å²) in [5, 5.41) is 2.32. The maximum absolute atomic E-state index is 6.29. The highest BCUT2D eigenvalue weighted by Gasteiger charge is 2.15. The number of aromatic nitrogens is 2. The van der Waals surface area contributed by atoms with E-state index in [1.807, 2.05) is 30.6 Å². The summed E-state index contributed by atoms with van der Waals surface area (Å²) in [5.74, 6) is 1.69. The SMILES string of the molecule is C[Si](C)(C)CCOCn1ccnc1-c1cc2ccccc2cc1OCc1ccccc1. The normalized spacial score (nSPS) is 11.7. The number of hydrogen-bond donors (Lipinski definition) is 0. The zero-order chi connectivity index (χ0) is 21.7. The summed E-state index contributed by atoms with van der Waals surface area (Å²) in [6.07, 6.45) is 3.80. The number of benzene rings is 3. The maximum atomic E-state index is 6.29. The Morgan fingerprint density at radius 3 is 2.35 bits per heavy atom. The lowest BCUT2D eigenvalue weighted by molar-refractivity contribution is 0.0882. The van der Waals surface area contributed by atoms with Crippen LogP contribution in [0.2, 0.25) is 25.7 Å². The van der Waals surface area contributed by atoms with Crippen LogP contribution in [0.3, 0.4) is 0 Å². The Hall–Kier alpha value is -2.89. The molecule has 4 aromatic rings. The molecule has 0 unspecified atom stereocenters. The Morgan fingerprint density at radius 1 is 0.903 bits per heavy atom. The molecule has 1 aromatic heterocycles. The molecule has 1 heterocycles. The molecular weight excluding hydrogens is 400 g/mol. The van der Waals surface area contributed by atoms with Crippen LogP contribution in [-0.2, 0) is 18.1 Å². The summed E-state index contributed by atoms with van der Waals surface area (Å²) < 4.78 is 14.3. The largest absolute Gasteiger partial charge is 0.488 e. The summed E-state index contributed by atoms with van der Waals surface area (Å²) in [7, 11) is -1.11. The molecule has 0 aliphatic rings. The lowest BCUT2D eigenvalue weighted by atomic mass is 10.1. The van der Waals surface area contributed by atoms with Crippen LogP contribution in [0, 0.1) is 0 Å². The molecule has 160 valence electrons. The lowest BCUT2D eigenvalue weighted by Gasteiger charge is -2.17. The van der Waals surface area contributed by atoms with Crippen molar-refractivity contribution in [2.45, 2.75) is 39.0 Å². The second kappa shape index (κ2) is 9.50. The van der Waals surface area contributed by atoms with Gasteiger partial charge in [0.15, 0.2) is 0 Å². The molecule has 0 spiro atoms. The van der Waals surface area contributed by atoms with E-state index in [1.54, 1.807) is 0 Å². The van der Waals surface area contributed by atoms with E-state index >= 15 is 0 Å². The molecule has 5 heteroatoms. The summed E-state index contributed by atoms with van der Waals surface area (Å²) in [6.45, 7) is 8.88. The van der Waals surface area contributed by atoms with Gasteiger partial charge in [0.1, 0.15) is 24.9 Å². The summed E-state index contributed by atoms with van der Waals surface area (Å²) in [6, 6.07) is 24.0. The van der Waals surface area contributed by atoms with Gasteiger partial charge in [0, 0.05) is 27.1 Å². The highest BCUT2D eigenvalue weighted by molar-refractivity contribution is 6.76. The molecule has 31 heavy (non-hydrogen) atoms. The first-order valence-corrected chi connectivity index (χ1v) is 14.5. The molecule has 0 N–H and O–H groups in total. The van der Waals surface area contributed by atoms with Crippen molar-refractivity contribution in [3.05, 3.63) is 84.7 Å². The smallest absolute Gasteiger partial charge is 0.145 e. The molecule has 0 saturated heterocycles. The second-order valence-electron chi connectivity index (χ2n) is 9.04. The lowest BCUT2D eigenvalue weighted by Crippen LogP contribution is -2.22. The molecule has 0 aliphatic heterocycles. The molecule has 4 rings (SSSR count). The van der Waals surface area contributed by atoms with Crippen molar-refractivity contribution in [2.75, 3.05) is 6.61 Å². The van der Waals surface area contributed by atoms with Crippen LogP contribution in [0.1, 0.15) is 5.56 Å².